The number of phenols is 1. The highest BCUT2D eigenvalue weighted by atomic mass is 32.2. The van der Waals surface area contributed by atoms with Gasteiger partial charge in [-0.1, -0.05) is 11.8 Å². The van der Waals surface area contributed by atoms with Crippen LogP contribution in [-0.2, 0) is 5.75 Å². The van der Waals surface area contributed by atoms with E-state index in [9.17, 15) is 10.4 Å². The average molecular weight is 384 g/mol. The molecule has 0 radical (unpaired) electrons. The van der Waals surface area contributed by atoms with Crippen molar-refractivity contribution in [1.82, 2.24) is 15.0 Å². The molecule has 0 aliphatic heterocycles. The second kappa shape index (κ2) is 7.32. The molecule has 6 nitrogen and oxygen atoms in total. The van der Waals surface area contributed by atoms with Crippen LogP contribution in [0.2, 0.25) is 0 Å². The number of anilines is 1. The molecule has 26 heavy (non-hydrogen) atoms. The fourth-order valence-corrected chi connectivity index (χ4v) is 4.01. The summed E-state index contributed by atoms with van der Waals surface area (Å²) < 4.78 is 0. The Labute approximate surface area is 159 Å². The SMILES string of the molecule is Cc1nc(CSc2nc(N)c(C#N)c(-c3cc(C)c(O)c(C)c3)n2)cs1. The number of aromatic nitrogens is 3. The zero-order valence-electron chi connectivity index (χ0n) is 14.6. The fraction of sp³-hybridized carbons (Fsp3) is 0.222. The van der Waals surface area contributed by atoms with Gasteiger partial charge in [0.15, 0.2) is 5.16 Å². The molecule has 1 aromatic carbocycles. The number of nitrogen functional groups attached to an aromatic ring is 1. The van der Waals surface area contributed by atoms with E-state index >= 15 is 0 Å². The molecule has 0 saturated carbocycles. The van der Waals surface area contributed by atoms with Crippen molar-refractivity contribution in [2.45, 2.75) is 31.7 Å². The van der Waals surface area contributed by atoms with E-state index in [4.69, 9.17) is 5.73 Å². The van der Waals surface area contributed by atoms with E-state index in [0.29, 0.717) is 27.7 Å². The van der Waals surface area contributed by atoms with Gasteiger partial charge in [-0.2, -0.15) is 5.26 Å². The third-order valence-electron chi connectivity index (χ3n) is 3.81. The van der Waals surface area contributed by atoms with Crippen molar-refractivity contribution in [3.05, 3.63) is 44.9 Å². The standard InChI is InChI=1S/C18H17N5OS2/c1-9-4-12(5-10(2)16(9)24)15-14(6-19)17(20)23-18(22-15)26-8-13-7-25-11(3)21-13/h4-5,7,24H,8H2,1-3H3,(H2,20,22,23). The van der Waals surface area contributed by atoms with Crippen LogP contribution in [0.5, 0.6) is 5.75 Å². The topological polar surface area (TPSA) is 109 Å². The van der Waals surface area contributed by atoms with Gasteiger partial charge in [0.25, 0.3) is 0 Å². The molecule has 0 unspecified atom stereocenters. The van der Waals surface area contributed by atoms with Crippen molar-refractivity contribution < 1.29 is 5.11 Å². The third-order valence-corrected chi connectivity index (χ3v) is 5.51. The summed E-state index contributed by atoms with van der Waals surface area (Å²) in [5, 5.41) is 23.0. The molecule has 0 aliphatic rings. The minimum atomic E-state index is 0.151. The quantitative estimate of drug-likeness (QED) is 0.518. The van der Waals surface area contributed by atoms with Gasteiger partial charge in [-0.05, 0) is 44.0 Å². The van der Waals surface area contributed by atoms with Crippen molar-refractivity contribution in [1.29, 1.82) is 5.26 Å². The lowest BCUT2D eigenvalue weighted by atomic mass is 10.0. The smallest absolute Gasteiger partial charge is 0.190 e. The van der Waals surface area contributed by atoms with E-state index in [0.717, 1.165) is 16.3 Å². The van der Waals surface area contributed by atoms with Crippen LogP contribution in [-0.4, -0.2) is 20.1 Å². The molecule has 3 N–H and O–H groups in total. The maximum atomic E-state index is 9.99. The molecule has 0 amide bonds. The van der Waals surface area contributed by atoms with E-state index in [-0.39, 0.29) is 17.1 Å². The molecule has 3 rings (SSSR count). The second-order valence-corrected chi connectivity index (χ2v) is 7.84. The molecule has 3 aromatic rings. The first-order valence-electron chi connectivity index (χ1n) is 7.81. The largest absolute Gasteiger partial charge is 0.507 e. The number of nitrogens with two attached hydrogens (primary N) is 1. The Morgan fingerprint density at radius 1 is 1.19 bits per heavy atom. The molecule has 2 heterocycles. The number of rotatable bonds is 4. The Kier molecular flexibility index (Phi) is 5.11. The number of aromatic hydroxyl groups is 1. The van der Waals surface area contributed by atoms with Crippen LogP contribution in [0.1, 0.15) is 27.4 Å². The lowest BCUT2D eigenvalue weighted by Gasteiger charge is -2.11. The van der Waals surface area contributed by atoms with Crippen molar-refractivity contribution in [3.8, 4) is 23.1 Å². The van der Waals surface area contributed by atoms with Crippen LogP contribution in [0, 0.1) is 32.1 Å². The van der Waals surface area contributed by atoms with E-state index in [2.05, 4.69) is 21.0 Å². The Bertz CT molecular complexity index is 1000. The molecule has 0 bridgehead atoms. The summed E-state index contributed by atoms with van der Waals surface area (Å²) in [7, 11) is 0. The number of benzene rings is 1. The zero-order chi connectivity index (χ0) is 18.8. The summed E-state index contributed by atoms with van der Waals surface area (Å²) in [5.74, 6) is 1.02. The zero-order valence-corrected chi connectivity index (χ0v) is 16.2. The number of nitriles is 1. The Balaban J connectivity index is 2.01. The lowest BCUT2D eigenvalue weighted by Crippen LogP contribution is -2.03. The number of thiazole rings is 1. The van der Waals surface area contributed by atoms with E-state index in [1.807, 2.05) is 26.2 Å². The summed E-state index contributed by atoms with van der Waals surface area (Å²) in [5.41, 5.74) is 9.84. The number of thioether (sulfide) groups is 1. The van der Waals surface area contributed by atoms with Gasteiger partial charge >= 0.3 is 0 Å². The van der Waals surface area contributed by atoms with Crippen molar-refractivity contribution in [3.63, 3.8) is 0 Å². The van der Waals surface area contributed by atoms with E-state index in [1.165, 1.54) is 11.8 Å². The minimum absolute atomic E-state index is 0.151. The Morgan fingerprint density at radius 2 is 1.88 bits per heavy atom. The molecule has 8 heteroatoms. The Hall–Kier alpha value is -2.63. The van der Waals surface area contributed by atoms with Crippen LogP contribution >= 0.6 is 23.1 Å². The molecular formula is C18H17N5OS2. The molecule has 0 atom stereocenters. The summed E-state index contributed by atoms with van der Waals surface area (Å²) in [4.78, 5) is 13.2. The van der Waals surface area contributed by atoms with Gasteiger partial charge in [0, 0.05) is 16.7 Å². The van der Waals surface area contributed by atoms with Gasteiger partial charge in [-0.25, -0.2) is 15.0 Å². The molecular weight excluding hydrogens is 366 g/mol. The highest BCUT2D eigenvalue weighted by Crippen LogP contribution is 2.33. The number of nitrogens with zero attached hydrogens (tertiary/aromatic N) is 4. The van der Waals surface area contributed by atoms with Gasteiger partial charge in [0.2, 0.25) is 0 Å². The normalized spacial score (nSPS) is 10.7. The van der Waals surface area contributed by atoms with Gasteiger partial charge in [0.05, 0.1) is 16.4 Å². The summed E-state index contributed by atoms with van der Waals surface area (Å²) in [6.07, 6.45) is 0. The fourth-order valence-electron chi connectivity index (χ4n) is 2.55. The van der Waals surface area contributed by atoms with Crippen LogP contribution in [0.3, 0.4) is 0 Å². The van der Waals surface area contributed by atoms with Crippen LogP contribution < -0.4 is 5.73 Å². The van der Waals surface area contributed by atoms with Crippen molar-refractivity contribution in [2.24, 2.45) is 0 Å². The maximum absolute atomic E-state index is 9.99. The first-order chi connectivity index (χ1) is 12.4. The maximum Gasteiger partial charge on any atom is 0.190 e. The summed E-state index contributed by atoms with van der Waals surface area (Å²) >= 11 is 3.02. The van der Waals surface area contributed by atoms with Gasteiger partial charge in [-0.3, -0.25) is 0 Å². The van der Waals surface area contributed by atoms with Crippen LogP contribution in [0.25, 0.3) is 11.3 Å². The first kappa shape index (κ1) is 18.2. The lowest BCUT2D eigenvalue weighted by molar-refractivity contribution is 0.467. The molecule has 0 fully saturated rings. The predicted octanol–water partition coefficient (Wildman–Crippen LogP) is 3.98. The van der Waals surface area contributed by atoms with Gasteiger partial charge < -0.3 is 10.8 Å². The monoisotopic (exact) mass is 383 g/mol. The van der Waals surface area contributed by atoms with E-state index < -0.39 is 0 Å². The van der Waals surface area contributed by atoms with Gasteiger partial charge in [0.1, 0.15) is 23.2 Å². The minimum Gasteiger partial charge on any atom is -0.507 e. The highest BCUT2D eigenvalue weighted by molar-refractivity contribution is 7.98. The number of phenolic OH excluding ortho intramolecular Hbond substituents is 1. The van der Waals surface area contributed by atoms with Gasteiger partial charge in [-0.15, -0.1) is 11.3 Å². The number of hydrogen-bond donors (Lipinski definition) is 2. The highest BCUT2D eigenvalue weighted by Gasteiger charge is 2.16. The molecule has 0 spiro atoms. The summed E-state index contributed by atoms with van der Waals surface area (Å²) in [6, 6.07) is 5.68. The van der Waals surface area contributed by atoms with Crippen molar-refractivity contribution >= 4 is 28.9 Å². The van der Waals surface area contributed by atoms with E-state index in [1.54, 1.807) is 23.5 Å². The third kappa shape index (κ3) is 3.64. The predicted molar refractivity (Wildman–Crippen MR) is 104 cm³/mol. The van der Waals surface area contributed by atoms with Crippen LogP contribution in [0.4, 0.5) is 5.82 Å². The number of hydrogen-bond acceptors (Lipinski definition) is 8. The molecule has 2 aromatic heterocycles. The summed E-state index contributed by atoms with van der Waals surface area (Å²) in [6.45, 7) is 5.58. The Morgan fingerprint density at radius 3 is 2.46 bits per heavy atom. The molecule has 0 saturated heterocycles. The van der Waals surface area contributed by atoms with Crippen molar-refractivity contribution in [2.75, 3.05) is 5.73 Å². The second-order valence-electron chi connectivity index (χ2n) is 5.83. The first-order valence-corrected chi connectivity index (χ1v) is 9.67. The average Bonchev–Trinajstić information content (AvgIpc) is 3.02. The molecule has 132 valence electrons. The number of aryl methyl sites for hydroxylation is 3. The molecule has 0 aliphatic carbocycles. The van der Waals surface area contributed by atoms with Crippen LogP contribution in [0.15, 0.2) is 22.7 Å².